The minimum Gasteiger partial charge on any atom is -0.507 e. The second kappa shape index (κ2) is 5.97. The zero-order valence-electron chi connectivity index (χ0n) is 11.6. The average Bonchev–Trinajstić information content (AvgIpc) is 2.51. The van der Waals surface area contributed by atoms with E-state index in [1.54, 1.807) is 24.3 Å². The molecule has 2 aromatic rings. The van der Waals surface area contributed by atoms with E-state index in [1.165, 1.54) is 0 Å². The summed E-state index contributed by atoms with van der Waals surface area (Å²) >= 11 is 0. The number of ether oxygens (including phenoxy) is 1. The molecule has 1 fully saturated rings. The van der Waals surface area contributed by atoms with Crippen molar-refractivity contribution < 1.29 is 9.84 Å². The van der Waals surface area contributed by atoms with E-state index in [1.807, 2.05) is 6.07 Å². The summed E-state index contributed by atoms with van der Waals surface area (Å²) in [6.07, 6.45) is 2.15. The van der Waals surface area contributed by atoms with E-state index in [2.05, 4.69) is 15.5 Å². The van der Waals surface area contributed by atoms with Gasteiger partial charge in [-0.05, 0) is 31.5 Å². The molecule has 1 aromatic heterocycles. The summed E-state index contributed by atoms with van der Waals surface area (Å²) in [4.78, 5) is 0. The molecule has 0 radical (unpaired) electrons. The number of hydrogen-bond donors (Lipinski definition) is 3. The molecule has 3 rings (SSSR count). The Kier molecular flexibility index (Phi) is 3.87. The van der Waals surface area contributed by atoms with Crippen LogP contribution in [0.3, 0.4) is 0 Å². The summed E-state index contributed by atoms with van der Waals surface area (Å²) in [6.45, 7) is 1.82. The smallest absolute Gasteiger partial charge is 0.188 e. The number of nitrogen functional groups attached to an aromatic ring is 1. The van der Waals surface area contributed by atoms with Crippen LogP contribution in [0.2, 0.25) is 0 Å². The van der Waals surface area contributed by atoms with Gasteiger partial charge < -0.3 is 20.9 Å². The van der Waals surface area contributed by atoms with Crippen molar-refractivity contribution in [3.8, 4) is 22.8 Å². The maximum absolute atomic E-state index is 9.90. The van der Waals surface area contributed by atoms with Crippen LogP contribution in [-0.2, 0) is 0 Å². The maximum atomic E-state index is 9.90. The molecule has 0 amide bonds. The fourth-order valence-corrected chi connectivity index (χ4v) is 2.40. The normalized spacial score (nSPS) is 18.4. The zero-order chi connectivity index (χ0) is 14.7. The molecule has 1 saturated heterocycles. The molecule has 110 valence electrons. The molecule has 0 aliphatic carbocycles. The number of piperidine rings is 1. The molecule has 1 atom stereocenters. The highest BCUT2D eigenvalue weighted by molar-refractivity contribution is 5.68. The lowest BCUT2D eigenvalue weighted by Gasteiger charge is -2.24. The summed E-state index contributed by atoms with van der Waals surface area (Å²) in [5.74, 6) is 0.929. The number of nitrogens with two attached hydrogens (primary N) is 1. The van der Waals surface area contributed by atoms with E-state index in [-0.39, 0.29) is 17.7 Å². The number of nitrogens with one attached hydrogen (secondary N) is 1. The van der Waals surface area contributed by atoms with Gasteiger partial charge in [-0.1, -0.05) is 12.1 Å². The number of hydrogen-bond acceptors (Lipinski definition) is 6. The number of phenolic OH excluding ortho intramolecular Hbond substituents is 1. The average molecular weight is 286 g/mol. The van der Waals surface area contributed by atoms with Gasteiger partial charge in [0.1, 0.15) is 17.5 Å². The Balaban J connectivity index is 1.87. The zero-order valence-corrected chi connectivity index (χ0v) is 11.6. The molecular weight excluding hydrogens is 268 g/mol. The molecule has 21 heavy (non-hydrogen) atoms. The van der Waals surface area contributed by atoms with E-state index in [0.717, 1.165) is 25.9 Å². The highest BCUT2D eigenvalue weighted by Gasteiger charge is 2.17. The van der Waals surface area contributed by atoms with Gasteiger partial charge >= 0.3 is 0 Å². The third-order valence-corrected chi connectivity index (χ3v) is 3.51. The molecule has 1 unspecified atom stereocenters. The molecule has 6 heteroatoms. The molecule has 4 N–H and O–H groups in total. The van der Waals surface area contributed by atoms with Crippen LogP contribution in [0, 0.1) is 0 Å². The van der Waals surface area contributed by atoms with Crippen molar-refractivity contribution in [2.75, 3.05) is 18.8 Å². The van der Waals surface area contributed by atoms with Crippen molar-refractivity contribution in [3.63, 3.8) is 0 Å². The first-order valence-electron chi connectivity index (χ1n) is 7.03. The summed E-state index contributed by atoms with van der Waals surface area (Å²) < 4.78 is 5.92. The van der Waals surface area contributed by atoms with Crippen molar-refractivity contribution in [2.24, 2.45) is 0 Å². The minimum atomic E-state index is 0.0856. The van der Waals surface area contributed by atoms with Gasteiger partial charge in [0.2, 0.25) is 0 Å². The predicted octanol–water partition coefficient (Wildman–Crippen LogP) is 1.56. The Hall–Kier alpha value is -2.34. The van der Waals surface area contributed by atoms with Gasteiger partial charge in [-0.2, -0.15) is 0 Å². The van der Waals surface area contributed by atoms with Crippen LogP contribution in [0.5, 0.6) is 11.5 Å². The molecule has 2 heterocycles. The monoisotopic (exact) mass is 286 g/mol. The Bertz CT molecular complexity index is 627. The maximum Gasteiger partial charge on any atom is 0.188 e. The Morgan fingerprint density at radius 3 is 2.90 bits per heavy atom. The SMILES string of the molecule is Nc1nnc(-c2ccccc2O)cc1OC1CCCNC1. The van der Waals surface area contributed by atoms with Crippen molar-refractivity contribution in [2.45, 2.75) is 18.9 Å². The first kappa shape index (κ1) is 13.6. The lowest BCUT2D eigenvalue weighted by atomic mass is 10.1. The van der Waals surface area contributed by atoms with Crippen molar-refractivity contribution in [3.05, 3.63) is 30.3 Å². The van der Waals surface area contributed by atoms with Gasteiger partial charge in [0.25, 0.3) is 0 Å². The lowest BCUT2D eigenvalue weighted by molar-refractivity contribution is 0.167. The Morgan fingerprint density at radius 2 is 2.14 bits per heavy atom. The number of phenols is 1. The van der Waals surface area contributed by atoms with Crippen LogP contribution in [0.1, 0.15) is 12.8 Å². The van der Waals surface area contributed by atoms with E-state index in [4.69, 9.17) is 10.5 Å². The van der Waals surface area contributed by atoms with E-state index in [9.17, 15) is 5.11 Å². The molecule has 1 aliphatic rings. The van der Waals surface area contributed by atoms with Crippen molar-refractivity contribution in [1.82, 2.24) is 15.5 Å². The largest absolute Gasteiger partial charge is 0.507 e. The predicted molar refractivity (Wildman–Crippen MR) is 80.1 cm³/mol. The third kappa shape index (κ3) is 3.05. The summed E-state index contributed by atoms with van der Waals surface area (Å²) in [5, 5.41) is 21.1. The van der Waals surface area contributed by atoms with Crippen LogP contribution in [0.4, 0.5) is 5.82 Å². The summed E-state index contributed by atoms with van der Waals surface area (Å²) in [7, 11) is 0. The van der Waals surface area contributed by atoms with Crippen LogP contribution in [0.15, 0.2) is 30.3 Å². The second-order valence-electron chi connectivity index (χ2n) is 5.08. The number of benzene rings is 1. The lowest BCUT2D eigenvalue weighted by Crippen LogP contribution is -2.37. The number of anilines is 1. The third-order valence-electron chi connectivity index (χ3n) is 3.51. The van der Waals surface area contributed by atoms with Crippen molar-refractivity contribution >= 4 is 5.82 Å². The van der Waals surface area contributed by atoms with E-state index in [0.29, 0.717) is 17.0 Å². The fraction of sp³-hybridized carbons (Fsp3) is 0.333. The van der Waals surface area contributed by atoms with E-state index >= 15 is 0 Å². The number of para-hydroxylation sites is 1. The molecule has 6 nitrogen and oxygen atoms in total. The van der Waals surface area contributed by atoms with Crippen LogP contribution in [0.25, 0.3) is 11.3 Å². The molecule has 0 bridgehead atoms. The topological polar surface area (TPSA) is 93.3 Å². The highest BCUT2D eigenvalue weighted by atomic mass is 16.5. The molecular formula is C15H18N4O2. The summed E-state index contributed by atoms with van der Waals surface area (Å²) in [6, 6.07) is 8.71. The van der Waals surface area contributed by atoms with Gasteiger partial charge in [-0.25, -0.2) is 0 Å². The Labute approximate surface area is 123 Å². The number of rotatable bonds is 3. The van der Waals surface area contributed by atoms with Gasteiger partial charge in [0, 0.05) is 18.2 Å². The Morgan fingerprint density at radius 1 is 1.29 bits per heavy atom. The van der Waals surface area contributed by atoms with Crippen LogP contribution in [-0.4, -0.2) is 34.5 Å². The van der Waals surface area contributed by atoms with Gasteiger partial charge in [-0.15, -0.1) is 10.2 Å². The first-order valence-corrected chi connectivity index (χ1v) is 7.03. The standard InChI is InChI=1S/C15H18N4O2/c16-15-14(21-10-4-3-7-17-9-10)8-12(18-19-15)11-5-1-2-6-13(11)20/h1-2,5-6,8,10,17,20H,3-4,7,9H2,(H2,16,19). The fourth-order valence-electron chi connectivity index (χ4n) is 2.40. The first-order chi connectivity index (χ1) is 10.2. The molecule has 1 aliphatic heterocycles. The molecule has 0 spiro atoms. The van der Waals surface area contributed by atoms with Crippen LogP contribution >= 0.6 is 0 Å². The quantitative estimate of drug-likeness (QED) is 0.793. The summed E-state index contributed by atoms with van der Waals surface area (Å²) in [5.41, 5.74) is 6.99. The highest BCUT2D eigenvalue weighted by Crippen LogP contribution is 2.31. The molecule has 1 aromatic carbocycles. The van der Waals surface area contributed by atoms with Crippen LogP contribution < -0.4 is 15.8 Å². The second-order valence-corrected chi connectivity index (χ2v) is 5.08. The number of nitrogens with zero attached hydrogens (tertiary/aromatic N) is 2. The van der Waals surface area contributed by atoms with Gasteiger partial charge in [-0.3, -0.25) is 0 Å². The molecule has 0 saturated carbocycles. The number of aromatic nitrogens is 2. The van der Waals surface area contributed by atoms with Crippen molar-refractivity contribution in [1.29, 1.82) is 0 Å². The number of aromatic hydroxyl groups is 1. The van der Waals surface area contributed by atoms with Gasteiger partial charge in [0.05, 0.1) is 0 Å². The van der Waals surface area contributed by atoms with E-state index < -0.39 is 0 Å². The van der Waals surface area contributed by atoms with Gasteiger partial charge in [0.15, 0.2) is 11.6 Å². The minimum absolute atomic E-state index is 0.0856.